The van der Waals surface area contributed by atoms with Gasteiger partial charge in [0.05, 0.1) is 29.6 Å². The predicted molar refractivity (Wildman–Crippen MR) is 251 cm³/mol. The quantitative estimate of drug-likeness (QED) is 0.127. The molecule has 0 radical (unpaired) electrons. The first-order valence-corrected chi connectivity index (χ1v) is 24.1. The zero-order valence-electron chi connectivity index (χ0n) is 41.6. The zero-order valence-corrected chi connectivity index (χ0v) is 41.6. The summed E-state index contributed by atoms with van der Waals surface area (Å²) in [4.78, 5) is 89.7. The van der Waals surface area contributed by atoms with Crippen LogP contribution in [-0.4, -0.2) is 161 Å². The van der Waals surface area contributed by atoms with Gasteiger partial charge in [-0.15, -0.1) is 0 Å². The van der Waals surface area contributed by atoms with Gasteiger partial charge in [0.15, 0.2) is 11.4 Å². The van der Waals surface area contributed by atoms with E-state index in [1.54, 1.807) is 83.1 Å². The molecular weight excluding hydrogens is 907 g/mol. The molecule has 5 aliphatic rings. The van der Waals surface area contributed by atoms with Gasteiger partial charge in [-0.25, -0.2) is 14.4 Å². The van der Waals surface area contributed by atoms with E-state index in [4.69, 9.17) is 28.4 Å². The number of piperazine rings is 1. The molecule has 382 valence electrons. The molecule has 3 aliphatic carbocycles. The summed E-state index contributed by atoms with van der Waals surface area (Å²) in [7, 11) is 2.04. The van der Waals surface area contributed by atoms with Gasteiger partial charge in [-0.3, -0.25) is 14.4 Å². The molecule has 0 aromatic heterocycles. The average Bonchev–Trinajstić information content (AvgIpc) is 3.29. The number of nitrogens with zero attached hydrogens (tertiary/aromatic N) is 2. The van der Waals surface area contributed by atoms with E-state index in [-0.39, 0.29) is 36.2 Å². The van der Waals surface area contributed by atoms with Gasteiger partial charge in [-0.1, -0.05) is 62.4 Å². The molecule has 2 bridgehead atoms. The van der Waals surface area contributed by atoms with E-state index in [9.17, 15) is 34.5 Å². The van der Waals surface area contributed by atoms with E-state index >= 15 is 9.59 Å². The summed E-state index contributed by atoms with van der Waals surface area (Å²) in [6, 6.07) is 14.8. The zero-order chi connectivity index (χ0) is 51.1. The number of rotatable bonds is 13. The molecule has 2 saturated heterocycles. The van der Waals surface area contributed by atoms with Gasteiger partial charge < -0.3 is 58.9 Å². The molecule has 2 aromatic rings. The van der Waals surface area contributed by atoms with Gasteiger partial charge in [0.1, 0.15) is 41.7 Å². The van der Waals surface area contributed by atoms with Gasteiger partial charge >= 0.3 is 30.0 Å². The van der Waals surface area contributed by atoms with Crippen LogP contribution < -0.4 is 5.32 Å². The number of fused-ring (bicyclic) bond motifs is 5. The maximum absolute atomic E-state index is 15.2. The Morgan fingerprint density at radius 2 is 1.56 bits per heavy atom. The van der Waals surface area contributed by atoms with Crippen molar-refractivity contribution in [2.45, 2.75) is 141 Å². The molecule has 7 rings (SSSR count). The molecule has 18 nitrogen and oxygen atoms in total. The number of carbonyl (C=O) groups is 6. The molecule has 2 saturated carbocycles. The third-order valence-corrected chi connectivity index (χ3v) is 15.3. The number of aliphatic hydroxyl groups excluding tert-OH is 2. The average molecular weight is 976 g/mol. The van der Waals surface area contributed by atoms with Gasteiger partial charge in [-0.05, 0) is 83.5 Å². The van der Waals surface area contributed by atoms with Crippen molar-refractivity contribution < 1.29 is 72.5 Å². The number of alkyl carbamates (subject to hydrolysis) is 1. The number of ether oxygens (including phenoxy) is 6. The van der Waals surface area contributed by atoms with Crippen molar-refractivity contribution in [2.24, 2.45) is 16.7 Å². The maximum atomic E-state index is 15.2. The molecule has 18 heteroatoms. The lowest BCUT2D eigenvalue weighted by Gasteiger charge is -2.67. The monoisotopic (exact) mass is 975 g/mol. The van der Waals surface area contributed by atoms with Crippen molar-refractivity contribution in [1.29, 1.82) is 0 Å². The van der Waals surface area contributed by atoms with Crippen LogP contribution in [0.3, 0.4) is 0 Å². The van der Waals surface area contributed by atoms with Crippen LogP contribution in [0.4, 0.5) is 4.79 Å². The number of nitrogens with one attached hydrogen (secondary N) is 1. The molecule has 2 aliphatic heterocycles. The highest BCUT2D eigenvalue weighted by molar-refractivity contribution is 5.94. The Kier molecular flexibility index (Phi) is 15.1. The summed E-state index contributed by atoms with van der Waals surface area (Å²) >= 11 is 0. The number of ketones is 1. The number of hydrogen-bond donors (Lipinski definition) is 4. The number of hydrogen-bond acceptors (Lipinski definition) is 17. The SMILES string of the molecule is CC(=O)O[C@@]12COC1C[C@H](O)C1(C)C(=O)[C@H](O)C3=C(C)[C@@H](OC(=O)C(OC(=O)CCCN4CCN(C)CC4)[C@@H](NC(=O)OC(C)(C)C)c4ccccc4)CC(O)([C@@H](OC(=O)c4ccccc4)C12)C3(C)C. The second-order valence-electron chi connectivity index (χ2n) is 21.3. The minimum Gasteiger partial charge on any atom is -0.455 e. The smallest absolute Gasteiger partial charge is 0.408 e. The summed E-state index contributed by atoms with van der Waals surface area (Å²) < 4.78 is 36.4. The van der Waals surface area contributed by atoms with Gasteiger partial charge in [0, 0.05) is 57.8 Å². The molecule has 4 fully saturated rings. The Morgan fingerprint density at radius 1 is 0.929 bits per heavy atom. The maximum Gasteiger partial charge on any atom is 0.408 e. The standard InChI is InChI=1S/C52H69N3O15/c1-30-34(66-46(62)41(67-37(58)21-16-22-55-25-23-54(9)24-26-55)39(32-17-12-10-13-18-32)53-47(63)70-48(3,4)5)28-52(64)44(68-45(61)33-19-14-11-15-20-33)42-50(8,43(60)40(59)38(30)49(52,6)7)35(57)27-36-51(42,29-65-36)69-31(2)56/h10-15,17-20,34-36,39-42,44,57,59,64H,16,21-29H2,1-9H3,(H,53,63)/t34-,35-,36?,39-,40+,41?,42?,44-,50?,51-,52?/m0/s1. The number of carbonyl (C=O) groups excluding carboxylic acids is 6. The van der Waals surface area contributed by atoms with E-state index in [0.717, 1.165) is 33.1 Å². The van der Waals surface area contributed by atoms with Crippen LogP contribution in [0.2, 0.25) is 0 Å². The van der Waals surface area contributed by atoms with Crippen LogP contribution in [-0.2, 0) is 47.6 Å². The molecule has 2 heterocycles. The summed E-state index contributed by atoms with van der Waals surface area (Å²) in [6.07, 6.45) is -11.2. The lowest BCUT2D eigenvalue weighted by molar-refractivity contribution is -0.346. The molecule has 5 unspecified atom stereocenters. The highest BCUT2D eigenvalue weighted by Gasteiger charge is 2.78. The van der Waals surface area contributed by atoms with Gasteiger partial charge in [0.2, 0.25) is 6.10 Å². The van der Waals surface area contributed by atoms with Crippen molar-refractivity contribution in [1.82, 2.24) is 15.1 Å². The minimum absolute atomic E-state index is 0.0710. The highest BCUT2D eigenvalue weighted by Crippen LogP contribution is 2.64. The van der Waals surface area contributed by atoms with Crippen LogP contribution in [0, 0.1) is 16.7 Å². The number of esters is 4. The van der Waals surface area contributed by atoms with Gasteiger partial charge in [-0.2, -0.15) is 0 Å². The fourth-order valence-electron chi connectivity index (χ4n) is 11.4. The fourth-order valence-corrected chi connectivity index (χ4v) is 11.4. The number of likely N-dealkylation sites (N-methyl/N-ethyl adjacent to an activating group) is 1. The topological polar surface area (TPSA) is 237 Å². The van der Waals surface area contributed by atoms with E-state index in [1.807, 2.05) is 7.05 Å². The first kappa shape index (κ1) is 52.6. The molecule has 4 N–H and O–H groups in total. The second-order valence-corrected chi connectivity index (χ2v) is 21.3. The Labute approximate surface area is 408 Å². The van der Waals surface area contributed by atoms with Crippen molar-refractivity contribution in [3.8, 4) is 0 Å². The van der Waals surface area contributed by atoms with Crippen LogP contribution >= 0.6 is 0 Å². The lowest BCUT2D eigenvalue weighted by Crippen LogP contribution is -2.81. The first-order chi connectivity index (χ1) is 32.8. The Bertz CT molecular complexity index is 2330. The molecule has 2 aromatic carbocycles. The number of Topliss-reactive ketones (excluding diaryl/α,β-unsaturated/α-hetero) is 1. The van der Waals surface area contributed by atoms with Crippen LogP contribution in [0.1, 0.15) is 103 Å². The van der Waals surface area contributed by atoms with Crippen molar-refractivity contribution in [2.75, 3.05) is 46.4 Å². The number of amides is 1. The van der Waals surface area contributed by atoms with Gasteiger partial charge in [0.25, 0.3) is 0 Å². The molecular formula is C52H69N3O15. The predicted octanol–water partition coefficient (Wildman–Crippen LogP) is 3.84. The highest BCUT2D eigenvalue weighted by atomic mass is 16.6. The third-order valence-electron chi connectivity index (χ3n) is 15.3. The largest absolute Gasteiger partial charge is 0.455 e. The second kappa shape index (κ2) is 20.1. The van der Waals surface area contributed by atoms with Crippen molar-refractivity contribution in [3.63, 3.8) is 0 Å². The minimum atomic E-state index is -2.40. The molecule has 11 atom stereocenters. The Morgan fingerprint density at radius 3 is 2.14 bits per heavy atom. The number of benzene rings is 2. The lowest BCUT2D eigenvalue weighted by atomic mass is 9.44. The molecule has 70 heavy (non-hydrogen) atoms. The summed E-state index contributed by atoms with van der Waals surface area (Å²) in [6.45, 7) is 15.9. The molecule has 1 amide bonds. The summed E-state index contributed by atoms with van der Waals surface area (Å²) in [5, 5.41) is 41.0. The van der Waals surface area contributed by atoms with Crippen LogP contribution in [0.25, 0.3) is 0 Å². The van der Waals surface area contributed by atoms with E-state index in [1.165, 1.54) is 26.0 Å². The fraction of sp³-hybridized carbons (Fsp3) is 0.615. The Balaban J connectivity index is 1.32. The Hall–Kier alpha value is -5.24. The summed E-state index contributed by atoms with van der Waals surface area (Å²) in [5.74, 6) is -6.11. The van der Waals surface area contributed by atoms with Crippen molar-refractivity contribution in [3.05, 3.63) is 82.9 Å². The van der Waals surface area contributed by atoms with E-state index < -0.39 is 118 Å². The van der Waals surface area contributed by atoms with E-state index in [0.29, 0.717) is 18.5 Å². The molecule has 0 spiro atoms. The van der Waals surface area contributed by atoms with E-state index in [2.05, 4.69) is 15.1 Å². The first-order valence-electron chi connectivity index (χ1n) is 24.1. The summed E-state index contributed by atoms with van der Waals surface area (Å²) in [5.41, 5.74) is -8.36. The van der Waals surface area contributed by atoms with Crippen LogP contribution in [0.5, 0.6) is 0 Å². The third kappa shape index (κ3) is 9.99. The van der Waals surface area contributed by atoms with Crippen molar-refractivity contribution >= 4 is 35.8 Å². The van der Waals surface area contributed by atoms with Crippen LogP contribution in [0.15, 0.2) is 71.8 Å². The number of aliphatic hydroxyl groups is 3. The normalized spacial score (nSPS) is 31.7.